The Balaban J connectivity index is 1.57. The molecular formula is C35H57N. The molecule has 0 spiro atoms. The summed E-state index contributed by atoms with van der Waals surface area (Å²) in [4.78, 5) is 0. The summed E-state index contributed by atoms with van der Waals surface area (Å²) in [6.07, 6.45) is 26.1. The molecule has 202 valence electrons. The number of unbranched alkanes of at least 4 members (excludes halogenated alkanes) is 16. The first-order valence-electron chi connectivity index (χ1n) is 15.6. The van der Waals surface area contributed by atoms with Gasteiger partial charge in [0.05, 0.1) is 0 Å². The molecule has 36 heavy (non-hydrogen) atoms. The monoisotopic (exact) mass is 491 g/mol. The van der Waals surface area contributed by atoms with Crippen LogP contribution in [0, 0.1) is 0 Å². The summed E-state index contributed by atoms with van der Waals surface area (Å²) in [6.45, 7) is 4.60. The van der Waals surface area contributed by atoms with Gasteiger partial charge in [-0.1, -0.05) is 184 Å². The van der Waals surface area contributed by atoms with E-state index in [1.54, 1.807) is 0 Å². The zero-order chi connectivity index (χ0) is 25.7. The molecule has 1 nitrogen and oxygen atoms in total. The number of nitrogens with two attached hydrogens (primary N) is 1. The molecule has 0 aliphatic heterocycles. The van der Waals surface area contributed by atoms with E-state index in [4.69, 9.17) is 5.73 Å². The topological polar surface area (TPSA) is 26.0 Å². The highest BCUT2D eigenvalue weighted by molar-refractivity contribution is 5.41. The fourth-order valence-corrected chi connectivity index (χ4v) is 6.07. The normalized spacial score (nSPS) is 12.6. The number of hydrogen-bond acceptors (Lipinski definition) is 1. The molecule has 1 atom stereocenters. The van der Waals surface area contributed by atoms with Crippen LogP contribution in [0.2, 0.25) is 0 Å². The van der Waals surface area contributed by atoms with Crippen LogP contribution < -0.4 is 5.73 Å². The lowest BCUT2D eigenvalue weighted by atomic mass is 9.66. The lowest BCUT2D eigenvalue weighted by molar-refractivity contribution is 0.363. The summed E-state index contributed by atoms with van der Waals surface area (Å²) in [6, 6.07) is 22.1. The minimum Gasteiger partial charge on any atom is -0.327 e. The van der Waals surface area contributed by atoms with Gasteiger partial charge >= 0.3 is 0 Å². The molecule has 2 N–H and O–H groups in total. The summed E-state index contributed by atoms with van der Waals surface area (Å²) >= 11 is 0. The van der Waals surface area contributed by atoms with Gasteiger partial charge in [0, 0.05) is 11.5 Å². The highest BCUT2D eigenvalue weighted by Crippen LogP contribution is 2.39. The average Bonchev–Trinajstić information content (AvgIpc) is 2.92. The lowest BCUT2D eigenvalue weighted by Crippen LogP contribution is -2.46. The number of benzene rings is 2. The van der Waals surface area contributed by atoms with Crippen molar-refractivity contribution in [3.05, 3.63) is 71.8 Å². The predicted molar refractivity (Wildman–Crippen MR) is 161 cm³/mol. The molecule has 0 fully saturated rings. The van der Waals surface area contributed by atoms with Gasteiger partial charge in [0.1, 0.15) is 0 Å². The molecule has 1 unspecified atom stereocenters. The van der Waals surface area contributed by atoms with Gasteiger partial charge in [-0.25, -0.2) is 0 Å². The van der Waals surface area contributed by atoms with Gasteiger partial charge < -0.3 is 5.73 Å². The van der Waals surface area contributed by atoms with Gasteiger partial charge in [0.15, 0.2) is 0 Å². The standard InChI is InChI=1S/C35H57N/c1-3-5-6-7-8-9-10-11-12-13-14-15-16-17-18-19-26-31-34(36)35(4-2,32-27-22-20-23-28-32)33-29-24-21-25-30-33/h20-25,27-30,34H,3-19,26,31,36H2,1-2H3. The molecule has 0 amide bonds. The van der Waals surface area contributed by atoms with Gasteiger partial charge in [-0.2, -0.15) is 0 Å². The maximum absolute atomic E-state index is 6.99. The van der Waals surface area contributed by atoms with Crippen LogP contribution in [0.3, 0.4) is 0 Å². The zero-order valence-electron chi connectivity index (χ0n) is 23.9. The Bertz CT molecular complexity index is 698. The maximum Gasteiger partial charge on any atom is 0.0351 e. The molecule has 0 aliphatic carbocycles. The lowest BCUT2D eigenvalue weighted by Gasteiger charge is -2.40. The summed E-state index contributed by atoms with van der Waals surface area (Å²) in [5.41, 5.74) is 9.61. The Hall–Kier alpha value is -1.60. The second-order valence-electron chi connectivity index (χ2n) is 11.1. The molecular weight excluding hydrogens is 434 g/mol. The maximum atomic E-state index is 6.99. The summed E-state index contributed by atoms with van der Waals surface area (Å²) in [5, 5.41) is 0. The van der Waals surface area contributed by atoms with Crippen LogP contribution in [0.25, 0.3) is 0 Å². The van der Waals surface area contributed by atoms with Crippen LogP contribution in [-0.2, 0) is 5.41 Å². The second kappa shape index (κ2) is 19.5. The van der Waals surface area contributed by atoms with Crippen molar-refractivity contribution in [3.63, 3.8) is 0 Å². The van der Waals surface area contributed by atoms with E-state index in [-0.39, 0.29) is 11.5 Å². The average molecular weight is 492 g/mol. The molecule has 0 aliphatic rings. The van der Waals surface area contributed by atoms with Crippen molar-refractivity contribution in [2.75, 3.05) is 0 Å². The first-order valence-corrected chi connectivity index (χ1v) is 15.6. The second-order valence-corrected chi connectivity index (χ2v) is 11.1. The van der Waals surface area contributed by atoms with Crippen molar-refractivity contribution in [1.82, 2.24) is 0 Å². The zero-order valence-corrected chi connectivity index (χ0v) is 23.9. The smallest absolute Gasteiger partial charge is 0.0351 e. The largest absolute Gasteiger partial charge is 0.327 e. The van der Waals surface area contributed by atoms with Gasteiger partial charge in [-0.05, 0) is 24.0 Å². The molecule has 2 aromatic rings. The summed E-state index contributed by atoms with van der Waals surface area (Å²) in [7, 11) is 0. The first-order chi connectivity index (χ1) is 17.8. The van der Waals surface area contributed by atoms with Crippen LogP contribution in [0.5, 0.6) is 0 Å². The SMILES string of the molecule is CCCCCCCCCCCCCCCCCCCC(N)C(CC)(c1ccccc1)c1ccccc1. The molecule has 0 bridgehead atoms. The molecule has 0 saturated heterocycles. The van der Waals surface area contributed by atoms with E-state index in [9.17, 15) is 0 Å². The van der Waals surface area contributed by atoms with E-state index in [1.807, 2.05) is 0 Å². The van der Waals surface area contributed by atoms with Crippen molar-refractivity contribution in [1.29, 1.82) is 0 Å². The van der Waals surface area contributed by atoms with Gasteiger partial charge in [0.25, 0.3) is 0 Å². The Labute approximate surface area is 224 Å². The van der Waals surface area contributed by atoms with E-state index < -0.39 is 0 Å². The Morgan fingerprint density at radius 2 is 0.833 bits per heavy atom. The minimum absolute atomic E-state index is 0.0996. The Morgan fingerprint density at radius 1 is 0.500 bits per heavy atom. The number of hydrogen-bond donors (Lipinski definition) is 1. The molecule has 2 aromatic carbocycles. The van der Waals surface area contributed by atoms with E-state index in [0.717, 1.165) is 12.8 Å². The third kappa shape index (κ3) is 10.8. The van der Waals surface area contributed by atoms with Crippen LogP contribution in [0.1, 0.15) is 147 Å². The molecule has 1 heteroatoms. The van der Waals surface area contributed by atoms with Crippen molar-refractivity contribution in [2.45, 2.75) is 147 Å². The molecule has 0 radical (unpaired) electrons. The Morgan fingerprint density at radius 3 is 1.17 bits per heavy atom. The molecule has 2 rings (SSSR count). The quantitative estimate of drug-likeness (QED) is 0.163. The predicted octanol–water partition coefficient (Wildman–Crippen LogP) is 10.8. The van der Waals surface area contributed by atoms with E-state index in [0.29, 0.717) is 0 Å². The summed E-state index contributed by atoms with van der Waals surface area (Å²) in [5.74, 6) is 0. The Kier molecular flexibility index (Phi) is 16.6. The van der Waals surface area contributed by atoms with Gasteiger partial charge in [-0.15, -0.1) is 0 Å². The molecule has 0 saturated carbocycles. The third-order valence-corrected chi connectivity index (χ3v) is 8.39. The fourth-order valence-electron chi connectivity index (χ4n) is 6.07. The van der Waals surface area contributed by atoms with E-state index >= 15 is 0 Å². The first kappa shape index (κ1) is 30.6. The van der Waals surface area contributed by atoms with Crippen LogP contribution in [0.15, 0.2) is 60.7 Å². The van der Waals surface area contributed by atoms with Gasteiger partial charge in [0.2, 0.25) is 0 Å². The fraction of sp³-hybridized carbons (Fsp3) is 0.657. The van der Waals surface area contributed by atoms with E-state index in [2.05, 4.69) is 74.5 Å². The van der Waals surface area contributed by atoms with Crippen molar-refractivity contribution < 1.29 is 0 Å². The highest BCUT2D eigenvalue weighted by atomic mass is 14.7. The number of rotatable bonds is 22. The molecule has 0 heterocycles. The summed E-state index contributed by atoms with van der Waals surface area (Å²) < 4.78 is 0. The minimum atomic E-state index is -0.0996. The highest BCUT2D eigenvalue weighted by Gasteiger charge is 2.38. The van der Waals surface area contributed by atoms with Crippen molar-refractivity contribution >= 4 is 0 Å². The molecule has 0 aromatic heterocycles. The van der Waals surface area contributed by atoms with Crippen molar-refractivity contribution in [2.24, 2.45) is 5.73 Å². The third-order valence-electron chi connectivity index (χ3n) is 8.39. The van der Waals surface area contributed by atoms with Crippen LogP contribution >= 0.6 is 0 Å². The van der Waals surface area contributed by atoms with E-state index in [1.165, 1.54) is 120 Å². The van der Waals surface area contributed by atoms with Crippen molar-refractivity contribution in [3.8, 4) is 0 Å². The van der Waals surface area contributed by atoms with Crippen LogP contribution in [0.4, 0.5) is 0 Å². The van der Waals surface area contributed by atoms with Gasteiger partial charge in [-0.3, -0.25) is 0 Å². The van der Waals surface area contributed by atoms with Crippen LogP contribution in [-0.4, -0.2) is 6.04 Å².